The Morgan fingerprint density at radius 3 is 2.42 bits per heavy atom. The van der Waals surface area contributed by atoms with E-state index in [0.717, 1.165) is 38.5 Å². The number of methoxy groups -OCH3 is 2. The molecule has 5 rings (SSSR count). The van der Waals surface area contributed by atoms with Crippen molar-refractivity contribution in [2.45, 2.75) is 115 Å². The predicted molar refractivity (Wildman–Crippen MR) is 182 cm³/mol. The summed E-state index contributed by atoms with van der Waals surface area (Å²) in [4.78, 5) is 47.3. The topological polar surface area (TPSA) is 130 Å². The first-order valence-electron chi connectivity index (χ1n) is 17.5. The van der Waals surface area contributed by atoms with Crippen molar-refractivity contribution in [2.24, 2.45) is 11.8 Å². The number of hydrogen-bond acceptors (Lipinski definition) is 9. The van der Waals surface area contributed by atoms with E-state index in [1.165, 1.54) is 0 Å². The Kier molecular flexibility index (Phi) is 11.1. The minimum absolute atomic E-state index is 0.0102. The molecule has 2 N–H and O–H groups in total. The Morgan fingerprint density at radius 1 is 1.10 bits per heavy atom. The highest BCUT2D eigenvalue weighted by Gasteiger charge is 2.46. The highest BCUT2D eigenvalue weighted by atomic mass is 16.6. The van der Waals surface area contributed by atoms with Gasteiger partial charge >= 0.3 is 0 Å². The van der Waals surface area contributed by atoms with Crippen molar-refractivity contribution in [2.75, 3.05) is 56.9 Å². The van der Waals surface area contributed by atoms with Crippen LogP contribution in [0.2, 0.25) is 0 Å². The lowest BCUT2D eigenvalue weighted by atomic mass is 9.86. The maximum Gasteiger partial charge on any atom is 0.270 e. The second-order valence-electron chi connectivity index (χ2n) is 15.6. The number of ether oxygens (including phenoxy) is 4. The molecule has 1 aromatic carbocycles. The third-order valence-electron chi connectivity index (χ3n) is 9.86. The first kappa shape index (κ1) is 36.5. The van der Waals surface area contributed by atoms with Gasteiger partial charge in [-0.25, -0.2) is 0 Å². The fourth-order valence-corrected chi connectivity index (χ4v) is 7.41. The van der Waals surface area contributed by atoms with Crippen LogP contribution in [-0.2, 0) is 28.6 Å². The van der Waals surface area contributed by atoms with Gasteiger partial charge in [0.1, 0.15) is 5.75 Å². The van der Waals surface area contributed by atoms with Crippen LogP contribution in [0.4, 0.5) is 11.4 Å². The zero-order valence-electron chi connectivity index (χ0n) is 29.9. The molecule has 0 radical (unpaired) electrons. The minimum atomic E-state index is -1.28. The smallest absolute Gasteiger partial charge is 0.270 e. The van der Waals surface area contributed by atoms with E-state index >= 15 is 0 Å². The maximum atomic E-state index is 14.6. The van der Waals surface area contributed by atoms with Crippen molar-refractivity contribution < 1.29 is 38.4 Å². The van der Waals surface area contributed by atoms with E-state index in [2.05, 4.69) is 5.32 Å². The van der Waals surface area contributed by atoms with Gasteiger partial charge in [0, 0.05) is 52.2 Å². The molecule has 0 bridgehead atoms. The van der Waals surface area contributed by atoms with Gasteiger partial charge in [-0.3, -0.25) is 19.3 Å². The summed E-state index contributed by atoms with van der Waals surface area (Å²) in [5, 5.41) is 14.5. The quantitative estimate of drug-likeness (QED) is 0.237. The Balaban J connectivity index is 1.43. The van der Waals surface area contributed by atoms with E-state index in [0.29, 0.717) is 49.7 Å². The third-order valence-corrected chi connectivity index (χ3v) is 9.86. The number of fused-ring (bicyclic) bond motifs is 1. The summed E-state index contributed by atoms with van der Waals surface area (Å²) in [6.45, 7) is 11.0. The lowest BCUT2D eigenvalue weighted by Gasteiger charge is -2.42. The van der Waals surface area contributed by atoms with E-state index in [1.807, 2.05) is 43.9 Å². The highest BCUT2D eigenvalue weighted by molar-refractivity contribution is 6.04. The van der Waals surface area contributed by atoms with Crippen molar-refractivity contribution in [1.82, 2.24) is 10.2 Å². The van der Waals surface area contributed by atoms with E-state index in [-0.39, 0.29) is 36.9 Å². The lowest BCUT2D eigenvalue weighted by molar-refractivity contribution is -0.247. The highest BCUT2D eigenvalue weighted by Crippen LogP contribution is 2.43. The number of likely N-dealkylation sites (tertiary alicyclic amines) is 1. The van der Waals surface area contributed by atoms with Crippen molar-refractivity contribution in [3.8, 4) is 5.75 Å². The molecular formula is C36H56N4O8. The van der Waals surface area contributed by atoms with E-state index in [9.17, 15) is 19.5 Å². The van der Waals surface area contributed by atoms with Crippen LogP contribution in [-0.4, -0.2) is 104 Å². The number of benzene rings is 1. The molecule has 48 heavy (non-hydrogen) atoms. The number of aliphatic hydroxyl groups is 1. The zero-order chi connectivity index (χ0) is 34.9. The molecule has 1 saturated heterocycles. The summed E-state index contributed by atoms with van der Waals surface area (Å²) < 4.78 is 22.8. The number of carbonyl (C=O) groups excluding carboxylic acids is 3. The van der Waals surface area contributed by atoms with Gasteiger partial charge in [-0.05, 0) is 91.3 Å². The van der Waals surface area contributed by atoms with Crippen molar-refractivity contribution in [3.63, 3.8) is 0 Å². The molecule has 268 valence electrons. The van der Waals surface area contributed by atoms with E-state index in [4.69, 9.17) is 18.9 Å². The predicted octanol–water partition coefficient (Wildman–Crippen LogP) is 3.83. The van der Waals surface area contributed by atoms with Crippen LogP contribution in [0.3, 0.4) is 0 Å². The van der Waals surface area contributed by atoms with Gasteiger partial charge < -0.3 is 39.2 Å². The summed E-state index contributed by atoms with van der Waals surface area (Å²) in [6.07, 6.45) is 5.18. The number of amides is 3. The molecule has 12 heteroatoms. The van der Waals surface area contributed by atoms with Crippen LogP contribution in [0.15, 0.2) is 18.2 Å². The summed E-state index contributed by atoms with van der Waals surface area (Å²) >= 11 is 0. The van der Waals surface area contributed by atoms with Crippen molar-refractivity contribution >= 4 is 29.1 Å². The van der Waals surface area contributed by atoms with Gasteiger partial charge in [-0.2, -0.15) is 0 Å². The first-order chi connectivity index (χ1) is 22.7. The number of carbonyl (C=O) groups is 3. The van der Waals surface area contributed by atoms with Gasteiger partial charge in [0.05, 0.1) is 35.3 Å². The molecule has 0 spiro atoms. The van der Waals surface area contributed by atoms with Crippen LogP contribution < -0.4 is 19.9 Å². The molecular weight excluding hydrogens is 616 g/mol. The second kappa shape index (κ2) is 14.6. The molecule has 3 fully saturated rings. The van der Waals surface area contributed by atoms with Gasteiger partial charge in [0.2, 0.25) is 18.2 Å². The average Bonchev–Trinajstić information content (AvgIpc) is 3.75. The third kappa shape index (κ3) is 8.33. The van der Waals surface area contributed by atoms with Crippen LogP contribution >= 0.6 is 0 Å². The Morgan fingerprint density at radius 2 is 1.79 bits per heavy atom. The average molecular weight is 673 g/mol. The molecule has 3 amide bonds. The summed E-state index contributed by atoms with van der Waals surface area (Å²) in [5.74, 6) is -0.898. The number of aliphatic hydroxyl groups excluding tert-OH is 1. The van der Waals surface area contributed by atoms with Crippen LogP contribution in [0.25, 0.3) is 0 Å². The number of anilines is 2. The summed E-state index contributed by atoms with van der Waals surface area (Å²) in [6, 6.07) is 5.61. The van der Waals surface area contributed by atoms with Crippen molar-refractivity contribution in [1.29, 1.82) is 0 Å². The standard InChI is InChI=1S/C36H56N4O8/c1-34(2,3)48-33(44)38-21-24(30(41)37-36(23-46-7)15-8-9-16-36)19-25(22-38)31(42)40(26-11-12-26)27-13-14-29-28(20-27)39(17-10-18-45-6)32(43)35(4,5)47-29/h13-14,20,24-26,33,44H,8-12,15-19,21-23H2,1-7H3,(H,37,41)/t24-,25+,33?/m0/s1. The molecule has 2 saturated carbocycles. The molecule has 2 aliphatic carbocycles. The van der Waals surface area contributed by atoms with Gasteiger partial charge in [-0.15, -0.1) is 0 Å². The monoisotopic (exact) mass is 672 g/mol. The Labute approximate surface area is 285 Å². The first-order valence-corrected chi connectivity index (χ1v) is 17.5. The number of rotatable bonds is 13. The molecule has 2 aliphatic heterocycles. The fraction of sp³-hybridized carbons (Fsp3) is 0.750. The number of hydrogen-bond donors (Lipinski definition) is 2. The van der Waals surface area contributed by atoms with Crippen LogP contribution in [0.5, 0.6) is 5.75 Å². The summed E-state index contributed by atoms with van der Waals surface area (Å²) in [5.41, 5.74) is -0.759. The van der Waals surface area contributed by atoms with Crippen LogP contribution in [0, 0.1) is 11.8 Å². The number of piperidine rings is 1. The SMILES string of the molecule is COCCCN1C(=O)C(C)(C)Oc2ccc(N(C(=O)[C@@H]3C[C@H](C(=O)NC4(COC)CCCC4)CN(C(O)OC(C)(C)C)C3)C3CC3)cc21. The Hall–Kier alpha value is -2.77. The van der Waals surface area contributed by atoms with Gasteiger partial charge in [0.25, 0.3) is 5.91 Å². The lowest BCUT2D eigenvalue weighted by Crippen LogP contribution is -2.58. The zero-order valence-corrected chi connectivity index (χ0v) is 29.9. The largest absolute Gasteiger partial charge is 0.476 e. The molecule has 3 atom stereocenters. The maximum absolute atomic E-state index is 14.6. The molecule has 4 aliphatic rings. The Bertz CT molecular complexity index is 1320. The van der Waals surface area contributed by atoms with E-state index in [1.54, 1.807) is 37.9 Å². The molecule has 1 aromatic rings. The molecule has 2 heterocycles. The normalized spacial score (nSPS) is 24.5. The van der Waals surface area contributed by atoms with Crippen molar-refractivity contribution in [3.05, 3.63) is 18.2 Å². The van der Waals surface area contributed by atoms with Gasteiger partial charge in [-0.1, -0.05) is 12.8 Å². The molecule has 1 unspecified atom stereocenters. The second-order valence-corrected chi connectivity index (χ2v) is 15.6. The van der Waals surface area contributed by atoms with Gasteiger partial charge in [0.15, 0.2) is 5.60 Å². The van der Waals surface area contributed by atoms with Crippen LogP contribution in [0.1, 0.15) is 86.0 Å². The van der Waals surface area contributed by atoms with E-state index < -0.39 is 35.0 Å². The number of nitrogens with one attached hydrogen (secondary N) is 1. The molecule has 0 aromatic heterocycles. The minimum Gasteiger partial charge on any atom is -0.476 e. The molecule has 12 nitrogen and oxygen atoms in total. The number of nitrogens with zero attached hydrogens (tertiary/aromatic N) is 3. The fourth-order valence-electron chi connectivity index (χ4n) is 7.41. The summed E-state index contributed by atoms with van der Waals surface area (Å²) in [7, 11) is 3.29.